The fraction of sp³-hybridized carbons (Fsp3) is 0.857. The van der Waals surface area contributed by atoms with Crippen LogP contribution in [0.25, 0.3) is 0 Å². The molecule has 0 bridgehead atoms. The second-order valence-electron chi connectivity index (χ2n) is 3.47. The Hall–Kier alpha value is -0.610. The van der Waals surface area contributed by atoms with Gasteiger partial charge in [-0.3, -0.25) is 4.48 Å². The zero-order chi connectivity index (χ0) is 9.28. The molecule has 11 heavy (non-hydrogen) atoms. The van der Waals surface area contributed by atoms with Gasteiger partial charge in [0, 0.05) is 6.42 Å². The average molecular weight is 161 g/mol. The minimum atomic E-state index is -1.78. The Morgan fingerprint density at radius 3 is 1.91 bits per heavy atom. The van der Waals surface area contributed by atoms with Crippen molar-refractivity contribution in [2.24, 2.45) is 0 Å². The molecule has 1 atom stereocenters. The fourth-order valence-corrected chi connectivity index (χ4v) is 0.893. The third-order valence-corrected chi connectivity index (χ3v) is 1.93. The van der Waals surface area contributed by atoms with Crippen molar-refractivity contribution in [3.63, 3.8) is 0 Å². The first-order valence-corrected chi connectivity index (χ1v) is 3.51. The van der Waals surface area contributed by atoms with Crippen molar-refractivity contribution in [1.82, 2.24) is 0 Å². The summed E-state index contributed by atoms with van der Waals surface area (Å²) >= 11 is 0. The van der Waals surface area contributed by atoms with Gasteiger partial charge in [-0.2, -0.15) is 0 Å². The van der Waals surface area contributed by atoms with Crippen molar-refractivity contribution in [3.05, 3.63) is 0 Å². The van der Waals surface area contributed by atoms with Crippen LogP contribution in [0.1, 0.15) is 13.3 Å². The van der Waals surface area contributed by atoms with Crippen LogP contribution in [0.4, 0.5) is 0 Å². The molecule has 0 aromatic carbocycles. The van der Waals surface area contributed by atoms with Crippen molar-refractivity contribution in [1.29, 1.82) is 0 Å². The van der Waals surface area contributed by atoms with Crippen molar-refractivity contribution in [2.75, 3.05) is 21.1 Å². The molecule has 0 saturated heterocycles. The largest absolute Gasteiger partial charge is 0.542 e. The van der Waals surface area contributed by atoms with E-state index >= 15 is 0 Å². The zero-order valence-electron chi connectivity index (χ0n) is 7.42. The summed E-state index contributed by atoms with van der Waals surface area (Å²) in [4.78, 5) is 10.5. The molecule has 1 N–H and O–H groups in total. The highest BCUT2D eigenvalue weighted by Crippen LogP contribution is 2.18. The predicted octanol–water partition coefficient (Wildman–Crippen LogP) is -1.46. The Kier molecular flexibility index (Phi) is 2.64. The van der Waals surface area contributed by atoms with Crippen molar-refractivity contribution in [3.8, 4) is 0 Å². The van der Waals surface area contributed by atoms with E-state index in [0.29, 0.717) is 0 Å². The van der Waals surface area contributed by atoms with Gasteiger partial charge in [-0.15, -0.1) is 0 Å². The van der Waals surface area contributed by atoms with Gasteiger partial charge in [-0.1, -0.05) is 6.92 Å². The first-order chi connectivity index (χ1) is 4.75. The standard InChI is InChI=1S/C7H15NO3/c1-5-7(11,6(9)10)8(2,3)4/h11H,5H2,1-4H3. The van der Waals surface area contributed by atoms with E-state index in [9.17, 15) is 15.0 Å². The number of carboxylic acids is 1. The van der Waals surface area contributed by atoms with Crippen LogP contribution in [0, 0.1) is 0 Å². The molecule has 0 aliphatic heterocycles. The minimum Gasteiger partial charge on any atom is -0.542 e. The number of quaternary nitrogens is 1. The third-order valence-electron chi connectivity index (χ3n) is 1.93. The Balaban J connectivity index is 4.75. The van der Waals surface area contributed by atoms with Gasteiger partial charge >= 0.3 is 0 Å². The average Bonchev–Trinajstić information content (AvgIpc) is 1.83. The fourth-order valence-electron chi connectivity index (χ4n) is 0.893. The maximum atomic E-state index is 10.5. The topological polar surface area (TPSA) is 60.4 Å². The Morgan fingerprint density at radius 1 is 1.55 bits per heavy atom. The summed E-state index contributed by atoms with van der Waals surface area (Å²) < 4.78 is -0.0498. The van der Waals surface area contributed by atoms with E-state index in [-0.39, 0.29) is 10.9 Å². The molecule has 0 saturated carbocycles. The summed E-state index contributed by atoms with van der Waals surface area (Å²) in [5.74, 6) is -1.42. The normalized spacial score (nSPS) is 17.5. The van der Waals surface area contributed by atoms with Crippen LogP contribution in [0.15, 0.2) is 0 Å². The van der Waals surface area contributed by atoms with Crippen LogP contribution in [0.5, 0.6) is 0 Å². The van der Waals surface area contributed by atoms with Crippen LogP contribution in [-0.4, -0.2) is 42.4 Å². The molecule has 0 aromatic rings. The van der Waals surface area contributed by atoms with Gasteiger partial charge in [0.1, 0.15) is 5.97 Å². The molecule has 0 aliphatic carbocycles. The SMILES string of the molecule is CCC(O)(C(=O)[O-])[N+](C)(C)C. The number of rotatable bonds is 3. The molecule has 0 rings (SSSR count). The molecular formula is C7H15NO3. The molecule has 1 unspecified atom stereocenters. The van der Waals surface area contributed by atoms with E-state index in [1.165, 1.54) is 0 Å². The van der Waals surface area contributed by atoms with Gasteiger partial charge in [0.05, 0.1) is 21.1 Å². The van der Waals surface area contributed by atoms with Crippen molar-refractivity contribution >= 4 is 5.97 Å². The van der Waals surface area contributed by atoms with Crippen molar-refractivity contribution < 1.29 is 19.5 Å². The lowest BCUT2D eigenvalue weighted by atomic mass is 10.1. The number of hydrogen-bond donors (Lipinski definition) is 1. The van der Waals surface area contributed by atoms with Crippen LogP contribution in [0.2, 0.25) is 0 Å². The molecule has 0 fully saturated rings. The summed E-state index contributed by atoms with van der Waals surface area (Å²) in [6.45, 7) is 1.61. The number of aliphatic hydroxyl groups is 1. The second-order valence-corrected chi connectivity index (χ2v) is 3.47. The number of carbonyl (C=O) groups is 1. The van der Waals surface area contributed by atoms with E-state index in [2.05, 4.69) is 0 Å². The molecule has 4 nitrogen and oxygen atoms in total. The van der Waals surface area contributed by atoms with E-state index in [1.54, 1.807) is 28.1 Å². The van der Waals surface area contributed by atoms with Crippen LogP contribution < -0.4 is 5.11 Å². The molecule has 0 radical (unpaired) electrons. The highest BCUT2D eigenvalue weighted by molar-refractivity contribution is 5.72. The smallest absolute Gasteiger partial charge is 0.241 e. The van der Waals surface area contributed by atoms with E-state index in [4.69, 9.17) is 0 Å². The highest BCUT2D eigenvalue weighted by atomic mass is 16.4. The van der Waals surface area contributed by atoms with Gasteiger partial charge in [-0.05, 0) is 0 Å². The Bertz CT molecular complexity index is 162. The van der Waals surface area contributed by atoms with Crippen LogP contribution in [-0.2, 0) is 4.79 Å². The minimum absolute atomic E-state index is 0.0498. The predicted molar refractivity (Wildman–Crippen MR) is 38.3 cm³/mol. The van der Waals surface area contributed by atoms with Gasteiger partial charge < -0.3 is 15.0 Å². The zero-order valence-corrected chi connectivity index (χ0v) is 7.42. The monoisotopic (exact) mass is 161 g/mol. The highest BCUT2D eigenvalue weighted by Gasteiger charge is 2.40. The van der Waals surface area contributed by atoms with Gasteiger partial charge in [0.25, 0.3) is 0 Å². The third kappa shape index (κ3) is 1.70. The van der Waals surface area contributed by atoms with Gasteiger partial charge in [0.15, 0.2) is 0 Å². The van der Waals surface area contributed by atoms with Crippen LogP contribution in [0.3, 0.4) is 0 Å². The van der Waals surface area contributed by atoms with Crippen LogP contribution >= 0.6 is 0 Å². The Morgan fingerprint density at radius 2 is 1.91 bits per heavy atom. The van der Waals surface area contributed by atoms with Gasteiger partial charge in [-0.25, -0.2) is 0 Å². The maximum absolute atomic E-state index is 10.5. The van der Waals surface area contributed by atoms with E-state index in [1.807, 2.05) is 0 Å². The van der Waals surface area contributed by atoms with E-state index < -0.39 is 11.7 Å². The number of aliphatic carboxylic acids is 1. The number of nitrogens with zero attached hydrogens (tertiary/aromatic N) is 1. The molecule has 0 heterocycles. The summed E-state index contributed by atoms with van der Waals surface area (Å²) in [6.07, 6.45) is 0.138. The lowest BCUT2D eigenvalue weighted by Crippen LogP contribution is -2.65. The lowest BCUT2D eigenvalue weighted by molar-refractivity contribution is -0.941. The molecule has 0 amide bonds. The molecule has 4 heteroatoms. The quantitative estimate of drug-likeness (QED) is 0.406. The first-order valence-electron chi connectivity index (χ1n) is 3.51. The van der Waals surface area contributed by atoms with E-state index in [0.717, 1.165) is 0 Å². The molecule has 0 aliphatic rings. The number of carboxylic acid groups (broad SMARTS) is 1. The number of hydrogen-bond acceptors (Lipinski definition) is 3. The second kappa shape index (κ2) is 2.79. The maximum Gasteiger partial charge on any atom is 0.241 e. The molecule has 0 spiro atoms. The molecule has 66 valence electrons. The summed E-state index contributed by atoms with van der Waals surface area (Å²) in [5.41, 5.74) is -1.78. The Labute approximate surface area is 66.6 Å². The lowest BCUT2D eigenvalue weighted by Gasteiger charge is -2.41. The molecule has 0 aromatic heterocycles. The number of likely N-dealkylation sites (N-methyl/N-ethyl adjacent to an activating group) is 1. The van der Waals surface area contributed by atoms with Crippen molar-refractivity contribution in [2.45, 2.75) is 19.1 Å². The summed E-state index contributed by atoms with van der Waals surface area (Å²) in [5, 5.41) is 20.1. The molecular weight excluding hydrogens is 146 g/mol. The first kappa shape index (κ1) is 10.4. The van der Waals surface area contributed by atoms with Gasteiger partial charge in [0.2, 0.25) is 5.72 Å². The number of carbonyl (C=O) groups excluding carboxylic acids is 1. The summed E-state index contributed by atoms with van der Waals surface area (Å²) in [6, 6.07) is 0. The summed E-state index contributed by atoms with van der Waals surface area (Å²) in [7, 11) is 4.83.